The predicted octanol–water partition coefficient (Wildman–Crippen LogP) is 4.36. The maximum absolute atomic E-state index is 3.37. The van der Waals surface area contributed by atoms with Gasteiger partial charge in [0.2, 0.25) is 0 Å². The van der Waals surface area contributed by atoms with E-state index >= 15 is 0 Å². The predicted molar refractivity (Wildman–Crippen MR) is 85.3 cm³/mol. The van der Waals surface area contributed by atoms with Crippen LogP contribution < -0.4 is 10.6 Å². The first-order valence-corrected chi connectivity index (χ1v) is 5.93. The summed E-state index contributed by atoms with van der Waals surface area (Å²) in [4.78, 5) is 0. The molecule has 0 bridgehead atoms. The van der Waals surface area contributed by atoms with Crippen molar-refractivity contribution >= 4 is 30.6 Å². The Bertz CT molecular complexity index is 452. The minimum Gasteiger partial charge on any atom is -0.383 e. The van der Waals surface area contributed by atoms with E-state index in [9.17, 15) is 0 Å². The summed E-state index contributed by atoms with van der Waals surface area (Å²) >= 11 is 0. The van der Waals surface area contributed by atoms with Crippen LogP contribution in [0.5, 0.6) is 0 Å². The molecule has 18 heavy (non-hydrogen) atoms. The first kappa shape index (κ1) is 14.5. The van der Waals surface area contributed by atoms with Crippen LogP contribution in [0.3, 0.4) is 0 Å². The van der Waals surface area contributed by atoms with E-state index in [4.69, 9.17) is 0 Å². The van der Waals surface area contributed by atoms with Gasteiger partial charge in [0.1, 0.15) is 0 Å². The molecule has 2 aromatic rings. The maximum atomic E-state index is 3.37. The zero-order valence-electron chi connectivity index (χ0n) is 10.8. The summed E-state index contributed by atoms with van der Waals surface area (Å²) in [5.74, 6) is 0. The first-order valence-electron chi connectivity index (χ1n) is 5.93. The van der Waals surface area contributed by atoms with Gasteiger partial charge < -0.3 is 10.6 Å². The molecule has 0 aliphatic carbocycles. The fourth-order valence-electron chi connectivity index (χ4n) is 1.67. The molecular formula is C15H20N2S. The van der Waals surface area contributed by atoms with Gasteiger partial charge in [0.05, 0.1) is 0 Å². The number of rotatable bonds is 4. The maximum Gasteiger partial charge on any atom is 0.0385 e. The average molecular weight is 260 g/mol. The highest BCUT2D eigenvalue weighted by Gasteiger charge is 1.96. The molecule has 2 N–H and O–H groups in total. The van der Waals surface area contributed by atoms with E-state index in [1.165, 1.54) is 0 Å². The third-order valence-electron chi connectivity index (χ3n) is 2.40. The van der Waals surface area contributed by atoms with Gasteiger partial charge in [0.15, 0.2) is 0 Å². The van der Waals surface area contributed by atoms with Crippen molar-refractivity contribution in [3.63, 3.8) is 0 Å². The number of hydrogen-bond acceptors (Lipinski definition) is 2. The van der Waals surface area contributed by atoms with Crippen LogP contribution in [0.4, 0.5) is 17.1 Å². The Hall–Kier alpha value is -1.61. The highest BCUT2D eigenvalue weighted by atomic mass is 32.1. The molecule has 0 heterocycles. The Morgan fingerprint density at radius 3 is 1.78 bits per heavy atom. The van der Waals surface area contributed by atoms with Crippen molar-refractivity contribution in [2.45, 2.75) is 19.9 Å². The lowest BCUT2D eigenvalue weighted by molar-refractivity contribution is 0.900. The summed E-state index contributed by atoms with van der Waals surface area (Å²) in [6, 6.07) is 19.0. The number of benzene rings is 2. The van der Waals surface area contributed by atoms with E-state index in [1.807, 2.05) is 18.2 Å². The summed E-state index contributed by atoms with van der Waals surface area (Å²) < 4.78 is 0. The largest absolute Gasteiger partial charge is 0.383 e. The lowest BCUT2D eigenvalue weighted by atomic mass is 10.2. The fraction of sp³-hybridized carbons (Fsp3) is 0.200. The van der Waals surface area contributed by atoms with Crippen LogP contribution in [0.1, 0.15) is 13.8 Å². The van der Waals surface area contributed by atoms with Gasteiger partial charge in [-0.2, -0.15) is 13.5 Å². The summed E-state index contributed by atoms with van der Waals surface area (Å²) in [5.41, 5.74) is 3.36. The van der Waals surface area contributed by atoms with Crippen molar-refractivity contribution in [1.82, 2.24) is 0 Å². The van der Waals surface area contributed by atoms with Gasteiger partial charge in [-0.1, -0.05) is 18.2 Å². The zero-order valence-corrected chi connectivity index (χ0v) is 11.8. The highest BCUT2D eigenvalue weighted by molar-refractivity contribution is 7.59. The van der Waals surface area contributed by atoms with Crippen LogP contribution in [0.25, 0.3) is 0 Å². The molecule has 2 nitrogen and oxygen atoms in total. The van der Waals surface area contributed by atoms with Crippen LogP contribution in [0.15, 0.2) is 54.6 Å². The summed E-state index contributed by atoms with van der Waals surface area (Å²) in [7, 11) is 0. The average Bonchev–Trinajstić information content (AvgIpc) is 2.32. The number of nitrogens with one attached hydrogen (secondary N) is 2. The molecule has 0 spiro atoms. The van der Waals surface area contributed by atoms with Crippen molar-refractivity contribution in [1.29, 1.82) is 0 Å². The molecule has 0 aliphatic rings. The van der Waals surface area contributed by atoms with Gasteiger partial charge in [0, 0.05) is 23.1 Å². The second-order valence-corrected chi connectivity index (χ2v) is 4.37. The molecule has 2 aromatic carbocycles. The Morgan fingerprint density at radius 2 is 1.22 bits per heavy atom. The van der Waals surface area contributed by atoms with Crippen molar-refractivity contribution < 1.29 is 0 Å². The summed E-state index contributed by atoms with van der Waals surface area (Å²) in [5, 5.41) is 6.72. The van der Waals surface area contributed by atoms with Gasteiger partial charge in [-0.25, -0.2) is 0 Å². The molecule has 0 saturated heterocycles. The van der Waals surface area contributed by atoms with Crippen molar-refractivity contribution in [3.05, 3.63) is 54.6 Å². The SMILES string of the molecule is CC(C)Nc1ccc(Nc2ccccc2)cc1.S. The molecule has 0 radical (unpaired) electrons. The van der Waals surface area contributed by atoms with E-state index in [0.29, 0.717) is 6.04 Å². The molecular weight excluding hydrogens is 240 g/mol. The number of anilines is 3. The fourth-order valence-corrected chi connectivity index (χ4v) is 1.67. The lowest BCUT2D eigenvalue weighted by Crippen LogP contribution is -2.09. The normalized spacial score (nSPS) is 9.72. The quantitative estimate of drug-likeness (QED) is 0.853. The highest BCUT2D eigenvalue weighted by Crippen LogP contribution is 2.18. The summed E-state index contributed by atoms with van der Waals surface area (Å²) in [6.45, 7) is 4.27. The molecule has 96 valence electrons. The molecule has 2 rings (SSSR count). The van der Waals surface area contributed by atoms with E-state index in [2.05, 4.69) is 60.9 Å². The third kappa shape index (κ3) is 4.34. The number of hydrogen-bond donors (Lipinski definition) is 2. The smallest absolute Gasteiger partial charge is 0.0385 e. The molecule has 0 amide bonds. The van der Waals surface area contributed by atoms with Crippen molar-refractivity contribution in [3.8, 4) is 0 Å². The third-order valence-corrected chi connectivity index (χ3v) is 2.40. The van der Waals surface area contributed by atoms with Crippen LogP contribution in [0.2, 0.25) is 0 Å². The topological polar surface area (TPSA) is 24.1 Å². The van der Waals surface area contributed by atoms with Gasteiger partial charge >= 0.3 is 0 Å². The molecule has 0 atom stereocenters. The second-order valence-electron chi connectivity index (χ2n) is 4.37. The molecule has 0 unspecified atom stereocenters. The molecule has 0 aromatic heterocycles. The Balaban J connectivity index is 0.00000162. The van der Waals surface area contributed by atoms with Gasteiger partial charge in [-0.3, -0.25) is 0 Å². The van der Waals surface area contributed by atoms with Gasteiger partial charge in [-0.15, -0.1) is 0 Å². The second kappa shape index (κ2) is 6.97. The Kier molecular flexibility index (Phi) is 5.59. The number of para-hydroxylation sites is 1. The molecule has 0 saturated carbocycles. The Labute approximate surface area is 116 Å². The van der Waals surface area contributed by atoms with Crippen LogP contribution in [-0.4, -0.2) is 6.04 Å². The minimum absolute atomic E-state index is 0. The molecule has 0 aliphatic heterocycles. The van der Waals surface area contributed by atoms with Crippen molar-refractivity contribution in [2.24, 2.45) is 0 Å². The summed E-state index contributed by atoms with van der Waals surface area (Å²) in [6.07, 6.45) is 0. The van der Waals surface area contributed by atoms with Crippen LogP contribution >= 0.6 is 13.5 Å². The van der Waals surface area contributed by atoms with E-state index in [1.54, 1.807) is 0 Å². The minimum atomic E-state index is 0. The van der Waals surface area contributed by atoms with E-state index in [0.717, 1.165) is 17.1 Å². The first-order chi connectivity index (χ1) is 8.24. The van der Waals surface area contributed by atoms with Gasteiger partial charge in [-0.05, 0) is 50.2 Å². The lowest BCUT2D eigenvalue weighted by Gasteiger charge is -2.11. The van der Waals surface area contributed by atoms with Crippen molar-refractivity contribution in [2.75, 3.05) is 10.6 Å². The van der Waals surface area contributed by atoms with Crippen LogP contribution in [0, 0.1) is 0 Å². The molecule has 0 fully saturated rings. The molecule has 3 heteroatoms. The standard InChI is InChI=1S/C15H18N2.H2S/c1-12(2)16-14-8-10-15(11-9-14)17-13-6-4-3-5-7-13;/h3-12,16-17H,1-2H3;1H2. The Morgan fingerprint density at radius 1 is 0.722 bits per heavy atom. The monoisotopic (exact) mass is 260 g/mol. The van der Waals surface area contributed by atoms with Gasteiger partial charge in [0.25, 0.3) is 0 Å². The zero-order chi connectivity index (χ0) is 12.1. The van der Waals surface area contributed by atoms with Crippen LogP contribution in [-0.2, 0) is 0 Å². The van der Waals surface area contributed by atoms with E-state index < -0.39 is 0 Å². The van der Waals surface area contributed by atoms with E-state index in [-0.39, 0.29) is 13.5 Å².